The molecular weight excluding hydrogens is 348 g/mol. The number of sulfonamides is 1. The molecule has 0 heterocycles. The lowest BCUT2D eigenvalue weighted by atomic mass is 9.86. The first-order chi connectivity index (χ1) is 12.1. The average molecular weight is 383 g/mol. The third-order valence-electron chi connectivity index (χ3n) is 3.84. The number of benzene rings is 1. The van der Waals surface area contributed by atoms with Gasteiger partial charge in [0, 0.05) is 26.2 Å². The van der Waals surface area contributed by atoms with E-state index in [1.165, 1.54) is 11.1 Å². The van der Waals surface area contributed by atoms with Crippen LogP contribution in [0.4, 0.5) is 0 Å². The van der Waals surface area contributed by atoms with Gasteiger partial charge in [0.25, 0.3) is 0 Å². The summed E-state index contributed by atoms with van der Waals surface area (Å²) in [5, 5.41) is 6.53. The highest BCUT2D eigenvalue weighted by Gasteiger charge is 2.12. The molecule has 1 aromatic carbocycles. The zero-order valence-electron chi connectivity index (χ0n) is 16.7. The maximum Gasteiger partial charge on any atom is 0.208 e. The highest BCUT2D eigenvalue weighted by Crippen LogP contribution is 2.22. The summed E-state index contributed by atoms with van der Waals surface area (Å²) in [6.07, 6.45) is 2.75. The second kappa shape index (κ2) is 10.5. The minimum Gasteiger partial charge on any atom is -0.357 e. The SMILES string of the molecule is CCNC(=NCCCNS(C)(=O)=O)NCCc1ccc(C(C)(C)C)cc1. The first-order valence-electron chi connectivity index (χ1n) is 9.18. The molecule has 0 aromatic heterocycles. The molecule has 0 radical (unpaired) electrons. The Hall–Kier alpha value is -1.60. The van der Waals surface area contributed by atoms with Crippen LogP contribution in [0.2, 0.25) is 0 Å². The predicted octanol–water partition coefficient (Wildman–Crippen LogP) is 2.02. The summed E-state index contributed by atoms with van der Waals surface area (Å²) in [7, 11) is -3.12. The van der Waals surface area contributed by atoms with Crippen LogP contribution in [0.15, 0.2) is 29.3 Å². The molecule has 1 aromatic rings. The average Bonchev–Trinajstić information content (AvgIpc) is 2.53. The summed E-state index contributed by atoms with van der Waals surface area (Å²) >= 11 is 0. The van der Waals surface area contributed by atoms with E-state index >= 15 is 0 Å². The normalized spacial score (nSPS) is 12.9. The largest absolute Gasteiger partial charge is 0.357 e. The van der Waals surface area contributed by atoms with E-state index in [0.717, 1.165) is 31.7 Å². The van der Waals surface area contributed by atoms with Crippen molar-refractivity contribution < 1.29 is 8.42 Å². The molecule has 0 amide bonds. The van der Waals surface area contributed by atoms with Gasteiger partial charge in [-0.2, -0.15) is 0 Å². The second-order valence-corrected chi connectivity index (χ2v) is 9.24. The van der Waals surface area contributed by atoms with Gasteiger partial charge in [-0.05, 0) is 36.3 Å². The molecule has 148 valence electrons. The summed E-state index contributed by atoms with van der Waals surface area (Å²) in [6.45, 7) is 11.2. The zero-order chi connectivity index (χ0) is 19.6. The molecule has 6 nitrogen and oxygen atoms in total. The first-order valence-corrected chi connectivity index (χ1v) is 11.1. The van der Waals surface area contributed by atoms with Crippen molar-refractivity contribution in [2.45, 2.75) is 46.0 Å². The fraction of sp³-hybridized carbons (Fsp3) is 0.632. The van der Waals surface area contributed by atoms with Crippen molar-refractivity contribution in [1.29, 1.82) is 0 Å². The van der Waals surface area contributed by atoms with Crippen LogP contribution in [0.3, 0.4) is 0 Å². The van der Waals surface area contributed by atoms with Crippen molar-refractivity contribution >= 4 is 16.0 Å². The summed E-state index contributed by atoms with van der Waals surface area (Å²) in [5.41, 5.74) is 2.80. The van der Waals surface area contributed by atoms with Crippen molar-refractivity contribution in [1.82, 2.24) is 15.4 Å². The Balaban J connectivity index is 2.41. The van der Waals surface area contributed by atoms with Gasteiger partial charge < -0.3 is 10.6 Å². The molecule has 0 atom stereocenters. The number of hydrogen-bond acceptors (Lipinski definition) is 3. The van der Waals surface area contributed by atoms with Gasteiger partial charge in [0.05, 0.1) is 6.26 Å². The Morgan fingerprint density at radius 2 is 1.73 bits per heavy atom. The lowest BCUT2D eigenvalue weighted by Crippen LogP contribution is -2.38. The molecule has 3 N–H and O–H groups in total. The van der Waals surface area contributed by atoms with Gasteiger partial charge in [-0.15, -0.1) is 0 Å². The molecule has 0 fully saturated rings. The van der Waals surface area contributed by atoms with E-state index in [1.54, 1.807) is 0 Å². The van der Waals surface area contributed by atoms with Crippen molar-refractivity contribution in [2.75, 3.05) is 32.4 Å². The number of hydrogen-bond donors (Lipinski definition) is 3. The lowest BCUT2D eigenvalue weighted by Gasteiger charge is -2.19. The number of nitrogens with zero attached hydrogens (tertiary/aromatic N) is 1. The van der Waals surface area contributed by atoms with Crippen LogP contribution in [0, 0.1) is 0 Å². The number of aliphatic imine (C=N–C) groups is 1. The Morgan fingerprint density at radius 1 is 1.08 bits per heavy atom. The maximum absolute atomic E-state index is 11.0. The Morgan fingerprint density at radius 3 is 2.27 bits per heavy atom. The molecule has 26 heavy (non-hydrogen) atoms. The van der Waals surface area contributed by atoms with E-state index in [0.29, 0.717) is 19.5 Å². The van der Waals surface area contributed by atoms with Gasteiger partial charge in [0.1, 0.15) is 0 Å². The van der Waals surface area contributed by atoms with Gasteiger partial charge in [0.15, 0.2) is 5.96 Å². The lowest BCUT2D eigenvalue weighted by molar-refractivity contribution is 0.585. The molecule has 1 rings (SSSR count). The quantitative estimate of drug-likeness (QED) is 0.347. The van der Waals surface area contributed by atoms with Crippen LogP contribution in [0.25, 0.3) is 0 Å². The minimum absolute atomic E-state index is 0.174. The standard InChI is InChI=1S/C19H34N4O2S/c1-6-20-18(21-13-7-14-23-26(5,24)25)22-15-12-16-8-10-17(11-9-16)19(2,3)4/h8-11,23H,6-7,12-15H2,1-5H3,(H2,20,21,22). The summed E-state index contributed by atoms with van der Waals surface area (Å²) in [5.74, 6) is 0.762. The van der Waals surface area contributed by atoms with E-state index in [2.05, 4.69) is 65.4 Å². The van der Waals surface area contributed by atoms with E-state index in [9.17, 15) is 8.42 Å². The smallest absolute Gasteiger partial charge is 0.208 e. The van der Waals surface area contributed by atoms with Crippen molar-refractivity contribution in [2.24, 2.45) is 4.99 Å². The van der Waals surface area contributed by atoms with Crippen LogP contribution >= 0.6 is 0 Å². The molecule has 0 saturated heterocycles. The third kappa shape index (κ3) is 9.77. The molecule has 0 saturated carbocycles. The highest BCUT2D eigenvalue weighted by molar-refractivity contribution is 7.88. The van der Waals surface area contributed by atoms with Crippen LogP contribution in [-0.4, -0.2) is 46.8 Å². The molecule has 0 bridgehead atoms. The molecular formula is C19H34N4O2S. The van der Waals surface area contributed by atoms with E-state index in [4.69, 9.17) is 0 Å². The fourth-order valence-electron chi connectivity index (χ4n) is 2.37. The predicted molar refractivity (Wildman–Crippen MR) is 110 cm³/mol. The first kappa shape index (κ1) is 22.4. The van der Waals surface area contributed by atoms with Crippen LogP contribution < -0.4 is 15.4 Å². The fourth-order valence-corrected chi connectivity index (χ4v) is 2.88. The van der Waals surface area contributed by atoms with Gasteiger partial charge in [-0.3, -0.25) is 4.99 Å². The van der Waals surface area contributed by atoms with E-state index < -0.39 is 10.0 Å². The van der Waals surface area contributed by atoms with Gasteiger partial charge >= 0.3 is 0 Å². The van der Waals surface area contributed by atoms with Gasteiger partial charge in [0.2, 0.25) is 10.0 Å². The van der Waals surface area contributed by atoms with E-state index in [-0.39, 0.29) is 5.41 Å². The Kier molecular flexibility index (Phi) is 9.08. The van der Waals surface area contributed by atoms with E-state index in [1.807, 2.05) is 6.92 Å². The monoisotopic (exact) mass is 382 g/mol. The molecule has 0 aliphatic heterocycles. The molecule has 0 spiro atoms. The maximum atomic E-state index is 11.0. The van der Waals surface area contributed by atoms with Crippen LogP contribution in [0.5, 0.6) is 0 Å². The van der Waals surface area contributed by atoms with Crippen molar-refractivity contribution in [3.8, 4) is 0 Å². The number of rotatable bonds is 9. The topological polar surface area (TPSA) is 82.6 Å². The molecule has 0 unspecified atom stereocenters. The van der Waals surface area contributed by atoms with Crippen molar-refractivity contribution in [3.05, 3.63) is 35.4 Å². The molecule has 0 aliphatic carbocycles. The second-order valence-electron chi connectivity index (χ2n) is 7.40. The number of nitrogens with one attached hydrogen (secondary N) is 3. The van der Waals surface area contributed by atoms with Crippen LogP contribution in [-0.2, 0) is 21.9 Å². The summed E-state index contributed by atoms with van der Waals surface area (Å²) < 4.78 is 24.5. The summed E-state index contributed by atoms with van der Waals surface area (Å²) in [4.78, 5) is 4.47. The number of guanidine groups is 1. The van der Waals surface area contributed by atoms with Crippen LogP contribution in [0.1, 0.15) is 45.2 Å². The Bertz CT molecular complexity index is 662. The van der Waals surface area contributed by atoms with Crippen molar-refractivity contribution in [3.63, 3.8) is 0 Å². The summed E-state index contributed by atoms with van der Waals surface area (Å²) in [6, 6.07) is 8.76. The molecule has 7 heteroatoms. The van der Waals surface area contributed by atoms with Gasteiger partial charge in [-0.1, -0.05) is 45.0 Å². The third-order valence-corrected chi connectivity index (χ3v) is 4.57. The molecule has 0 aliphatic rings. The Labute approximate surface area is 158 Å². The zero-order valence-corrected chi connectivity index (χ0v) is 17.5. The van der Waals surface area contributed by atoms with Gasteiger partial charge in [-0.25, -0.2) is 13.1 Å². The highest BCUT2D eigenvalue weighted by atomic mass is 32.2. The minimum atomic E-state index is -3.12.